The molecule has 0 saturated heterocycles. The van der Waals surface area contributed by atoms with Gasteiger partial charge in [-0.3, -0.25) is 14.9 Å². The Bertz CT molecular complexity index is 1040. The number of alkyl halides is 6. The first-order valence-electron chi connectivity index (χ1n) is 9.02. The van der Waals surface area contributed by atoms with E-state index < -0.39 is 57.5 Å². The normalized spacial score (nSPS) is 26.1. The van der Waals surface area contributed by atoms with E-state index in [1.807, 2.05) is 0 Å². The summed E-state index contributed by atoms with van der Waals surface area (Å²) >= 11 is 0. The second kappa shape index (κ2) is 6.14. The van der Waals surface area contributed by atoms with Gasteiger partial charge in [0.05, 0.1) is 5.92 Å². The maximum Gasteiger partial charge on any atom is 0.433 e. The number of hydrogen-bond donors (Lipinski definition) is 1. The van der Waals surface area contributed by atoms with Crippen LogP contribution in [0, 0.1) is 11.3 Å². The summed E-state index contributed by atoms with van der Waals surface area (Å²) in [4.78, 5) is 20.8. The molecule has 30 heavy (non-hydrogen) atoms. The Morgan fingerprint density at radius 1 is 1.13 bits per heavy atom. The topological polar surface area (TPSA) is 71.0 Å². The molecule has 1 aliphatic carbocycles. The number of ketones is 1. The van der Waals surface area contributed by atoms with Gasteiger partial charge in [0.15, 0.2) is 5.82 Å². The van der Waals surface area contributed by atoms with Gasteiger partial charge in [-0.25, -0.2) is 4.99 Å². The Morgan fingerprint density at radius 2 is 1.83 bits per heavy atom. The van der Waals surface area contributed by atoms with Crippen LogP contribution in [0.3, 0.4) is 0 Å². The summed E-state index contributed by atoms with van der Waals surface area (Å²) in [7, 11) is 0. The molecule has 1 fully saturated rings. The number of pyridine rings is 1. The average Bonchev–Trinajstić information content (AvgIpc) is 3.02. The van der Waals surface area contributed by atoms with Crippen LogP contribution in [0.4, 0.5) is 32.2 Å². The summed E-state index contributed by atoms with van der Waals surface area (Å²) in [5, 5.41) is 5.14. The van der Waals surface area contributed by atoms with E-state index in [-0.39, 0.29) is 18.6 Å². The van der Waals surface area contributed by atoms with Crippen molar-refractivity contribution in [2.24, 2.45) is 16.3 Å². The number of aromatic nitrogens is 3. The summed E-state index contributed by atoms with van der Waals surface area (Å²) in [6, 6.07) is 2.23. The lowest BCUT2D eigenvalue weighted by Gasteiger charge is -2.48. The van der Waals surface area contributed by atoms with E-state index in [0.29, 0.717) is 0 Å². The highest BCUT2D eigenvalue weighted by Crippen LogP contribution is 2.61. The Labute approximate surface area is 166 Å². The van der Waals surface area contributed by atoms with Gasteiger partial charge in [-0.1, -0.05) is 19.9 Å². The predicted molar refractivity (Wildman–Crippen MR) is 93.3 cm³/mol. The number of H-pyrrole nitrogens is 1. The molecule has 2 aromatic rings. The largest absolute Gasteiger partial charge is 0.433 e. The van der Waals surface area contributed by atoms with Gasteiger partial charge in [-0.15, -0.1) is 0 Å². The molecule has 2 aliphatic rings. The molecule has 0 radical (unpaired) electrons. The van der Waals surface area contributed by atoms with Crippen LogP contribution in [-0.2, 0) is 16.4 Å². The number of Topliss-reactive ketones (excluding diaryl/α,β-unsaturated/α-hetero) is 1. The molecule has 1 N–H and O–H groups in total. The van der Waals surface area contributed by atoms with Gasteiger partial charge in [0.25, 0.3) is 0 Å². The van der Waals surface area contributed by atoms with Crippen molar-refractivity contribution in [1.82, 2.24) is 15.2 Å². The fraction of sp³-hybridized carbons (Fsp3) is 0.474. The molecule has 11 heteroatoms. The summed E-state index contributed by atoms with van der Waals surface area (Å²) in [5.74, 6) is -3.45. The molecule has 1 aliphatic heterocycles. The minimum absolute atomic E-state index is 0.0230. The molecular weight excluding hydrogens is 414 g/mol. The van der Waals surface area contributed by atoms with Crippen molar-refractivity contribution >= 4 is 17.3 Å². The molecule has 2 unspecified atom stereocenters. The van der Waals surface area contributed by atoms with Crippen molar-refractivity contribution in [2.45, 2.75) is 44.5 Å². The number of nitrogens with one attached hydrogen (secondary N) is 1. The molecule has 0 bridgehead atoms. The highest BCUT2D eigenvalue weighted by molar-refractivity contribution is 6.12. The number of aromatic amines is 1. The summed E-state index contributed by atoms with van der Waals surface area (Å²) in [6.45, 7) is 3.40. The zero-order valence-electron chi connectivity index (χ0n) is 15.8. The Kier molecular flexibility index (Phi) is 4.21. The standard InChI is InChI=1S/C19H16F6N4O/c1-16(2)6-10-12(11(30)7-16)17(19(23,24)25,9-4-3-5-26-8-9)13-14(18(20,21)22)28-29-15(13)27-10/h3-5,8,12H,6-7H2,1-2H3,(H,28,29). The van der Waals surface area contributed by atoms with Gasteiger partial charge in [0, 0.05) is 30.1 Å². The zero-order valence-corrected chi connectivity index (χ0v) is 15.8. The average molecular weight is 430 g/mol. The number of halogens is 6. The maximum absolute atomic E-state index is 14.9. The van der Waals surface area contributed by atoms with Gasteiger partial charge in [-0.2, -0.15) is 31.4 Å². The number of aliphatic imine (C=N–C) groups is 1. The van der Waals surface area contributed by atoms with Gasteiger partial charge in [0.1, 0.15) is 16.9 Å². The van der Waals surface area contributed by atoms with E-state index in [0.717, 1.165) is 12.3 Å². The molecule has 3 heterocycles. The van der Waals surface area contributed by atoms with Crippen molar-refractivity contribution in [3.8, 4) is 0 Å². The van der Waals surface area contributed by atoms with E-state index >= 15 is 0 Å². The van der Waals surface area contributed by atoms with Crippen molar-refractivity contribution in [1.29, 1.82) is 0 Å². The van der Waals surface area contributed by atoms with Crippen LogP contribution in [0.5, 0.6) is 0 Å². The molecule has 160 valence electrons. The molecule has 0 spiro atoms. The number of hydrogen-bond acceptors (Lipinski definition) is 4. The first kappa shape index (κ1) is 20.5. The second-order valence-electron chi connectivity index (χ2n) is 8.36. The lowest BCUT2D eigenvalue weighted by atomic mass is 9.55. The van der Waals surface area contributed by atoms with Crippen molar-refractivity contribution in [3.05, 3.63) is 41.3 Å². The highest BCUT2D eigenvalue weighted by Gasteiger charge is 2.70. The highest BCUT2D eigenvalue weighted by atomic mass is 19.4. The number of nitrogens with zero attached hydrogens (tertiary/aromatic N) is 3. The van der Waals surface area contributed by atoms with Crippen LogP contribution < -0.4 is 0 Å². The van der Waals surface area contributed by atoms with Crippen molar-refractivity contribution in [3.63, 3.8) is 0 Å². The molecule has 2 aromatic heterocycles. The number of carbonyl (C=O) groups is 1. The van der Waals surface area contributed by atoms with Crippen molar-refractivity contribution in [2.75, 3.05) is 0 Å². The second-order valence-corrected chi connectivity index (χ2v) is 8.36. The van der Waals surface area contributed by atoms with Gasteiger partial charge >= 0.3 is 12.4 Å². The summed E-state index contributed by atoms with van der Waals surface area (Å²) in [5.41, 5.74) is -7.52. The summed E-state index contributed by atoms with van der Waals surface area (Å²) in [6.07, 6.45) is -8.57. The Morgan fingerprint density at radius 3 is 2.40 bits per heavy atom. The minimum atomic E-state index is -5.27. The van der Waals surface area contributed by atoms with Crippen LogP contribution >= 0.6 is 0 Å². The zero-order chi connectivity index (χ0) is 22.1. The number of fused-ring (bicyclic) bond motifs is 2. The number of carbonyl (C=O) groups excluding carboxylic acids is 1. The molecular formula is C19H16F6N4O. The maximum atomic E-state index is 14.9. The SMILES string of the molecule is CC1(C)CC(=O)C2C(=Nc3n[nH]c(C(F)(F)F)c3C2(c2cccnc2)C(F)(F)F)C1. The van der Waals surface area contributed by atoms with E-state index in [1.54, 1.807) is 18.9 Å². The third-order valence-electron chi connectivity index (χ3n) is 5.64. The van der Waals surface area contributed by atoms with Crippen molar-refractivity contribution < 1.29 is 31.1 Å². The predicted octanol–water partition coefficient (Wildman–Crippen LogP) is 4.76. The van der Waals surface area contributed by atoms with E-state index in [9.17, 15) is 31.1 Å². The summed E-state index contributed by atoms with van der Waals surface area (Å²) < 4.78 is 85.8. The third-order valence-corrected chi connectivity index (χ3v) is 5.64. The van der Waals surface area contributed by atoms with Gasteiger partial charge in [0.2, 0.25) is 0 Å². The van der Waals surface area contributed by atoms with Crippen LogP contribution in [0.2, 0.25) is 0 Å². The van der Waals surface area contributed by atoms with Crippen LogP contribution in [0.25, 0.3) is 0 Å². The minimum Gasteiger partial charge on any atom is -0.299 e. The van der Waals surface area contributed by atoms with E-state index in [2.05, 4.69) is 15.1 Å². The molecule has 0 aromatic carbocycles. The van der Waals surface area contributed by atoms with Crippen LogP contribution in [-0.4, -0.2) is 32.9 Å². The lowest BCUT2D eigenvalue weighted by Crippen LogP contribution is -2.59. The molecule has 2 atom stereocenters. The smallest absolute Gasteiger partial charge is 0.299 e. The van der Waals surface area contributed by atoms with E-state index in [1.165, 1.54) is 12.3 Å². The Balaban J connectivity index is 2.16. The Hall–Kier alpha value is -2.72. The lowest BCUT2D eigenvalue weighted by molar-refractivity contribution is -0.193. The molecule has 0 amide bonds. The number of rotatable bonds is 1. The molecule has 5 nitrogen and oxygen atoms in total. The fourth-order valence-electron chi connectivity index (χ4n) is 4.66. The molecule has 1 saturated carbocycles. The van der Waals surface area contributed by atoms with Gasteiger partial charge in [-0.05, 0) is 23.5 Å². The first-order chi connectivity index (χ1) is 13.8. The van der Waals surface area contributed by atoms with Crippen LogP contribution in [0.15, 0.2) is 29.5 Å². The first-order valence-corrected chi connectivity index (χ1v) is 9.02. The monoisotopic (exact) mass is 430 g/mol. The fourth-order valence-corrected chi connectivity index (χ4v) is 4.66. The van der Waals surface area contributed by atoms with Gasteiger partial charge < -0.3 is 0 Å². The van der Waals surface area contributed by atoms with Crippen LogP contribution in [0.1, 0.15) is 43.5 Å². The quantitative estimate of drug-likeness (QED) is 0.663. The third kappa shape index (κ3) is 2.78. The molecule has 4 rings (SSSR count). The van der Waals surface area contributed by atoms with E-state index in [4.69, 9.17) is 0 Å².